The average Bonchev–Trinajstić information content (AvgIpc) is 3.46. The van der Waals surface area contributed by atoms with E-state index in [1.54, 1.807) is 11.6 Å². The van der Waals surface area contributed by atoms with Gasteiger partial charge in [0.1, 0.15) is 11.4 Å². The summed E-state index contributed by atoms with van der Waals surface area (Å²) in [5.41, 5.74) is 5.28. The molecule has 0 bridgehead atoms. The highest BCUT2D eigenvalue weighted by Gasteiger charge is 2.29. The van der Waals surface area contributed by atoms with Gasteiger partial charge in [0.25, 0.3) is 0 Å². The number of amides is 1. The normalized spacial score (nSPS) is 15.8. The molecule has 40 heavy (non-hydrogen) atoms. The van der Waals surface area contributed by atoms with Crippen molar-refractivity contribution in [1.82, 2.24) is 24.3 Å². The Morgan fingerprint density at radius 2 is 1.95 bits per heavy atom. The van der Waals surface area contributed by atoms with Crippen LogP contribution in [0.15, 0.2) is 52.9 Å². The van der Waals surface area contributed by atoms with Crippen LogP contribution in [0.1, 0.15) is 23.7 Å². The second kappa shape index (κ2) is 12.7. The van der Waals surface area contributed by atoms with Crippen LogP contribution in [-0.4, -0.2) is 64.3 Å². The SMILES string of the molecule is C#Cc1cc(CN2CCN(C(=O)Cn3c(-c4scnc4C)nc4ccccc43)[C@H](C)C2)cc(S(=O)(=O)F)c1.Cl.Cl. The van der Waals surface area contributed by atoms with Crippen LogP contribution in [0.2, 0.25) is 0 Å². The third-order valence-corrected chi connectivity index (χ3v) is 8.47. The van der Waals surface area contributed by atoms with E-state index in [1.165, 1.54) is 17.4 Å². The number of hydrogen-bond donors (Lipinski definition) is 0. The second-order valence-corrected chi connectivity index (χ2v) is 11.6. The smallest absolute Gasteiger partial charge is 0.332 e. The molecule has 1 atom stereocenters. The number of para-hydroxylation sites is 2. The zero-order valence-corrected chi connectivity index (χ0v) is 25.0. The highest BCUT2D eigenvalue weighted by molar-refractivity contribution is 7.86. The molecule has 0 saturated carbocycles. The van der Waals surface area contributed by atoms with Gasteiger partial charge in [0, 0.05) is 37.8 Å². The summed E-state index contributed by atoms with van der Waals surface area (Å²) in [6, 6.07) is 11.8. The zero-order chi connectivity index (χ0) is 27.0. The lowest BCUT2D eigenvalue weighted by Crippen LogP contribution is -2.54. The Morgan fingerprint density at radius 1 is 1.20 bits per heavy atom. The molecule has 0 N–H and O–H groups in total. The number of imidazole rings is 1. The first-order chi connectivity index (χ1) is 18.1. The van der Waals surface area contributed by atoms with E-state index in [0.29, 0.717) is 37.3 Å². The molecule has 1 aliphatic rings. The summed E-state index contributed by atoms with van der Waals surface area (Å²) in [5.74, 6) is 3.11. The van der Waals surface area contributed by atoms with Crippen LogP contribution in [0.5, 0.6) is 0 Å². The van der Waals surface area contributed by atoms with Gasteiger partial charge in [0.15, 0.2) is 5.82 Å². The monoisotopic (exact) mass is 623 g/mol. The number of halogens is 3. The van der Waals surface area contributed by atoms with E-state index in [9.17, 15) is 17.1 Å². The molecule has 3 heterocycles. The van der Waals surface area contributed by atoms with Crippen LogP contribution in [-0.2, 0) is 28.1 Å². The minimum absolute atomic E-state index is 0. The summed E-state index contributed by atoms with van der Waals surface area (Å²) in [4.78, 5) is 27.2. The van der Waals surface area contributed by atoms with Gasteiger partial charge in [0.2, 0.25) is 5.91 Å². The van der Waals surface area contributed by atoms with Gasteiger partial charge in [-0.15, -0.1) is 46.5 Å². The van der Waals surface area contributed by atoms with E-state index in [-0.39, 0.29) is 43.3 Å². The lowest BCUT2D eigenvalue weighted by Gasteiger charge is -2.40. The number of fused-ring (bicyclic) bond motifs is 1. The molecule has 0 aliphatic carbocycles. The van der Waals surface area contributed by atoms with Crippen molar-refractivity contribution in [3.05, 3.63) is 64.8 Å². The van der Waals surface area contributed by atoms with Crippen LogP contribution >= 0.6 is 36.2 Å². The molecule has 1 fully saturated rings. The topological polar surface area (TPSA) is 88.4 Å². The summed E-state index contributed by atoms with van der Waals surface area (Å²) >= 11 is 1.50. The van der Waals surface area contributed by atoms with Crippen LogP contribution in [0.3, 0.4) is 0 Å². The predicted octanol–water partition coefficient (Wildman–Crippen LogP) is 4.68. The highest BCUT2D eigenvalue weighted by Crippen LogP contribution is 2.30. The molecule has 0 unspecified atom stereocenters. The summed E-state index contributed by atoms with van der Waals surface area (Å²) in [7, 11) is -4.87. The molecular weight excluding hydrogens is 596 g/mol. The molecule has 13 heteroatoms. The third-order valence-electron chi connectivity index (χ3n) is 6.75. The molecule has 8 nitrogen and oxygen atoms in total. The van der Waals surface area contributed by atoms with Gasteiger partial charge in [-0.25, -0.2) is 9.97 Å². The second-order valence-electron chi connectivity index (χ2n) is 9.40. The van der Waals surface area contributed by atoms with Gasteiger partial charge < -0.3 is 9.47 Å². The summed E-state index contributed by atoms with van der Waals surface area (Å²) in [5, 5.41) is 0. The van der Waals surface area contributed by atoms with E-state index in [2.05, 4.69) is 15.8 Å². The van der Waals surface area contributed by atoms with Crippen LogP contribution in [0.4, 0.5) is 3.89 Å². The number of thiazole rings is 1. The molecule has 1 amide bonds. The first kappa shape index (κ1) is 31.5. The Balaban J connectivity index is 0.00000220. The first-order valence-electron chi connectivity index (χ1n) is 12.1. The van der Waals surface area contributed by atoms with E-state index >= 15 is 0 Å². The fraction of sp³-hybridized carbons (Fsp3) is 0.296. The van der Waals surface area contributed by atoms with E-state index in [1.807, 2.05) is 47.6 Å². The molecule has 2 aromatic heterocycles. The Morgan fingerprint density at radius 3 is 2.60 bits per heavy atom. The van der Waals surface area contributed by atoms with Crippen LogP contribution in [0, 0.1) is 19.3 Å². The number of piperazine rings is 1. The Bertz CT molecular complexity index is 1680. The molecule has 5 rings (SSSR count). The van der Waals surface area contributed by atoms with Crippen molar-refractivity contribution in [3.8, 4) is 23.0 Å². The van der Waals surface area contributed by atoms with Crippen molar-refractivity contribution in [1.29, 1.82) is 0 Å². The largest absolute Gasteiger partial charge is 0.336 e. The Labute approximate surface area is 249 Å². The number of nitrogens with zero attached hydrogens (tertiary/aromatic N) is 5. The summed E-state index contributed by atoms with van der Waals surface area (Å²) in [6.07, 6.45) is 5.44. The maximum atomic E-state index is 13.6. The van der Waals surface area contributed by atoms with Crippen molar-refractivity contribution in [2.24, 2.45) is 0 Å². The first-order valence-corrected chi connectivity index (χ1v) is 14.3. The fourth-order valence-corrected chi connectivity index (χ4v) is 6.29. The molecular formula is C27H28Cl2FN5O3S2. The third kappa shape index (κ3) is 6.48. The molecule has 212 valence electrons. The van der Waals surface area contributed by atoms with Gasteiger partial charge >= 0.3 is 10.2 Å². The molecule has 4 aromatic rings. The van der Waals surface area contributed by atoms with Crippen LogP contribution < -0.4 is 0 Å². The van der Waals surface area contributed by atoms with E-state index in [0.717, 1.165) is 33.5 Å². The molecule has 2 aromatic carbocycles. The highest BCUT2D eigenvalue weighted by atomic mass is 35.5. The van der Waals surface area contributed by atoms with Crippen LogP contribution in [0.25, 0.3) is 21.7 Å². The molecule has 1 aliphatic heterocycles. The lowest BCUT2D eigenvalue weighted by molar-refractivity contribution is -0.136. The van der Waals surface area contributed by atoms with Crippen molar-refractivity contribution in [3.63, 3.8) is 0 Å². The summed E-state index contributed by atoms with van der Waals surface area (Å²) in [6.45, 7) is 6.13. The number of benzene rings is 2. The molecule has 0 radical (unpaired) electrons. The number of rotatable bonds is 6. The minimum Gasteiger partial charge on any atom is -0.336 e. The fourth-order valence-electron chi connectivity index (χ4n) is 4.93. The van der Waals surface area contributed by atoms with E-state index < -0.39 is 15.1 Å². The number of aromatic nitrogens is 3. The van der Waals surface area contributed by atoms with E-state index in [4.69, 9.17) is 11.4 Å². The Hall–Kier alpha value is -3.01. The molecule has 1 saturated heterocycles. The number of hydrogen-bond acceptors (Lipinski definition) is 7. The van der Waals surface area contributed by atoms with Gasteiger partial charge in [-0.2, -0.15) is 8.42 Å². The van der Waals surface area contributed by atoms with Crippen molar-refractivity contribution >= 4 is 63.3 Å². The molecule has 0 spiro atoms. The van der Waals surface area contributed by atoms with Crippen molar-refractivity contribution < 1.29 is 17.1 Å². The van der Waals surface area contributed by atoms with Crippen molar-refractivity contribution in [2.45, 2.75) is 37.9 Å². The zero-order valence-electron chi connectivity index (χ0n) is 21.8. The van der Waals surface area contributed by atoms with Crippen molar-refractivity contribution in [2.75, 3.05) is 19.6 Å². The standard InChI is InChI=1S/C27H26FN5O3S2.2ClH/c1-4-20-11-21(13-22(12-20)38(28,35)36)15-31-9-10-32(18(2)14-31)25(34)16-33-24-8-6-5-7-23(24)30-27(33)26-19(3)29-17-37-26;;/h1,5-8,11-13,17-18H,9-10,14-16H2,2-3H3;2*1H/t18-;;/m1../s1. The van der Waals surface area contributed by atoms with Gasteiger partial charge in [0.05, 0.1) is 27.1 Å². The minimum atomic E-state index is -4.87. The number of carbonyl (C=O) groups excluding carboxylic acids is 1. The maximum absolute atomic E-state index is 13.6. The lowest BCUT2D eigenvalue weighted by atomic mass is 10.1. The Kier molecular flexibility index (Phi) is 9.98. The maximum Gasteiger partial charge on any atom is 0.332 e. The van der Waals surface area contributed by atoms with Gasteiger partial charge in [-0.3, -0.25) is 9.69 Å². The summed E-state index contributed by atoms with van der Waals surface area (Å²) < 4.78 is 38.5. The number of aryl methyl sites for hydroxylation is 1. The van der Waals surface area contributed by atoms with Gasteiger partial charge in [-0.1, -0.05) is 18.1 Å². The predicted molar refractivity (Wildman–Crippen MR) is 159 cm³/mol. The quantitative estimate of drug-likeness (QED) is 0.229. The number of carbonyl (C=O) groups is 1. The van der Waals surface area contributed by atoms with Gasteiger partial charge in [-0.05, 0) is 49.7 Å². The average molecular weight is 625 g/mol. The number of terminal acetylenes is 1.